The summed E-state index contributed by atoms with van der Waals surface area (Å²) in [5, 5.41) is 8.93. The molecule has 2 nitrogen and oxygen atoms in total. The zero-order valence-electron chi connectivity index (χ0n) is 15.7. The summed E-state index contributed by atoms with van der Waals surface area (Å²) in [5.41, 5.74) is 2.01. The van der Waals surface area contributed by atoms with Crippen LogP contribution < -0.4 is 0 Å². The monoisotopic (exact) mass is 403 g/mol. The van der Waals surface area contributed by atoms with Crippen molar-refractivity contribution in [1.82, 2.24) is 0 Å². The highest BCUT2D eigenvalue weighted by Crippen LogP contribution is 2.23. The molecule has 1 atom stereocenters. The molecule has 1 unspecified atom stereocenters. The molecule has 0 aliphatic rings. The molecule has 3 rings (SSSR count). The molecule has 0 aliphatic carbocycles. The van der Waals surface area contributed by atoms with Gasteiger partial charge in [0.15, 0.2) is 5.78 Å². The molecular formula is C25H19ClFNO. The van der Waals surface area contributed by atoms with Crippen molar-refractivity contribution in [2.75, 3.05) is 0 Å². The van der Waals surface area contributed by atoms with E-state index in [0.29, 0.717) is 5.02 Å². The fourth-order valence-corrected chi connectivity index (χ4v) is 3.06. The van der Waals surface area contributed by atoms with Crippen molar-refractivity contribution >= 4 is 23.1 Å². The van der Waals surface area contributed by atoms with Crippen LogP contribution in [0.4, 0.5) is 4.39 Å². The van der Waals surface area contributed by atoms with Gasteiger partial charge in [-0.05, 0) is 42.0 Å². The summed E-state index contributed by atoms with van der Waals surface area (Å²) in [7, 11) is 0. The van der Waals surface area contributed by atoms with E-state index in [0.717, 1.165) is 11.1 Å². The standard InChI is InChI=1S/C25H19ClFNO/c26-21-14-12-19(13-15-21)20(11-10-18-6-2-1-3-7-18)16-22(28)17-25(29)23-8-4-5-9-24(23)27/h1-9,12-15,20,28H,16-17H2. The maximum atomic E-state index is 13.8. The number of benzene rings is 3. The Labute approximate surface area is 174 Å². The number of nitrogens with one attached hydrogen (secondary N) is 1. The number of ketones is 1. The number of rotatable bonds is 6. The lowest BCUT2D eigenvalue weighted by Gasteiger charge is -2.12. The molecule has 0 amide bonds. The first-order chi connectivity index (χ1) is 14.0. The van der Waals surface area contributed by atoms with Crippen LogP contribution in [0, 0.1) is 23.1 Å². The van der Waals surface area contributed by atoms with Crippen LogP contribution in [0.1, 0.15) is 40.2 Å². The van der Waals surface area contributed by atoms with Crippen LogP contribution in [0.25, 0.3) is 0 Å². The molecule has 1 N–H and O–H groups in total. The molecule has 0 bridgehead atoms. The van der Waals surface area contributed by atoms with Gasteiger partial charge >= 0.3 is 0 Å². The van der Waals surface area contributed by atoms with Gasteiger partial charge in [0.1, 0.15) is 5.82 Å². The van der Waals surface area contributed by atoms with E-state index in [1.54, 1.807) is 18.2 Å². The summed E-state index contributed by atoms with van der Waals surface area (Å²) in [6, 6.07) is 22.7. The van der Waals surface area contributed by atoms with Gasteiger partial charge in [-0.25, -0.2) is 4.39 Å². The molecule has 0 saturated carbocycles. The minimum absolute atomic E-state index is 0.00987. The van der Waals surface area contributed by atoms with Gasteiger partial charge in [0, 0.05) is 29.1 Å². The van der Waals surface area contributed by atoms with Crippen molar-refractivity contribution < 1.29 is 9.18 Å². The van der Waals surface area contributed by atoms with Gasteiger partial charge in [-0.2, -0.15) is 0 Å². The topological polar surface area (TPSA) is 40.9 Å². The molecule has 29 heavy (non-hydrogen) atoms. The quantitative estimate of drug-likeness (QED) is 0.293. The van der Waals surface area contributed by atoms with Gasteiger partial charge in [-0.1, -0.05) is 65.9 Å². The summed E-state index contributed by atoms with van der Waals surface area (Å²) in [5.74, 6) is 5.10. The molecule has 3 aromatic carbocycles. The Bertz CT molecular complexity index is 1070. The lowest BCUT2D eigenvalue weighted by atomic mass is 9.91. The molecule has 0 heterocycles. The van der Waals surface area contributed by atoms with Crippen LogP contribution in [0.5, 0.6) is 0 Å². The number of hydrogen-bond donors (Lipinski definition) is 1. The van der Waals surface area contributed by atoms with E-state index in [1.807, 2.05) is 42.5 Å². The Morgan fingerprint density at radius 3 is 2.31 bits per heavy atom. The number of hydrogen-bond acceptors (Lipinski definition) is 2. The molecule has 144 valence electrons. The van der Waals surface area contributed by atoms with Crippen molar-refractivity contribution in [3.63, 3.8) is 0 Å². The highest BCUT2D eigenvalue weighted by Gasteiger charge is 2.17. The SMILES string of the molecule is N=C(CC(=O)c1ccccc1F)CC(C#Cc1ccccc1)c1ccc(Cl)cc1. The first-order valence-electron chi connectivity index (χ1n) is 9.19. The van der Waals surface area contributed by atoms with Gasteiger partial charge in [-0.15, -0.1) is 0 Å². The van der Waals surface area contributed by atoms with E-state index >= 15 is 0 Å². The Balaban J connectivity index is 1.78. The third-order valence-corrected chi connectivity index (χ3v) is 4.69. The summed E-state index contributed by atoms with van der Waals surface area (Å²) < 4.78 is 13.8. The van der Waals surface area contributed by atoms with Crippen LogP contribution in [-0.4, -0.2) is 11.5 Å². The van der Waals surface area contributed by atoms with Crippen LogP contribution in [0.3, 0.4) is 0 Å². The van der Waals surface area contributed by atoms with Crippen molar-refractivity contribution in [1.29, 1.82) is 5.41 Å². The molecular weight excluding hydrogens is 385 g/mol. The normalized spacial score (nSPS) is 11.2. The minimum atomic E-state index is -0.566. The Morgan fingerprint density at radius 2 is 1.62 bits per heavy atom. The second kappa shape index (κ2) is 9.82. The summed E-state index contributed by atoms with van der Waals surface area (Å²) in [6.07, 6.45) is 0.139. The van der Waals surface area contributed by atoms with Gasteiger partial charge in [0.25, 0.3) is 0 Å². The lowest BCUT2D eigenvalue weighted by molar-refractivity contribution is 0.0996. The Kier molecular flexibility index (Phi) is 6.94. The average Bonchev–Trinajstić information content (AvgIpc) is 2.72. The second-order valence-corrected chi connectivity index (χ2v) is 7.06. The van der Waals surface area contributed by atoms with Crippen LogP contribution in [-0.2, 0) is 0 Å². The van der Waals surface area contributed by atoms with Crippen molar-refractivity contribution in [3.8, 4) is 11.8 Å². The van der Waals surface area contributed by atoms with Crippen LogP contribution in [0.2, 0.25) is 5.02 Å². The maximum absolute atomic E-state index is 13.8. The van der Waals surface area contributed by atoms with E-state index in [4.69, 9.17) is 17.0 Å². The van der Waals surface area contributed by atoms with Gasteiger partial charge in [-0.3, -0.25) is 4.79 Å². The number of carbonyl (C=O) groups excluding carboxylic acids is 1. The molecule has 3 aromatic rings. The van der Waals surface area contributed by atoms with Crippen molar-refractivity contribution in [2.45, 2.75) is 18.8 Å². The first-order valence-corrected chi connectivity index (χ1v) is 9.57. The molecule has 0 aliphatic heterocycles. The molecule has 0 saturated heterocycles. The Morgan fingerprint density at radius 1 is 0.966 bits per heavy atom. The predicted molar refractivity (Wildman–Crippen MR) is 115 cm³/mol. The van der Waals surface area contributed by atoms with Crippen molar-refractivity contribution in [3.05, 3.63) is 106 Å². The highest BCUT2D eigenvalue weighted by molar-refractivity contribution is 6.30. The van der Waals surface area contributed by atoms with Gasteiger partial charge in [0.05, 0.1) is 11.5 Å². The van der Waals surface area contributed by atoms with Crippen molar-refractivity contribution in [2.24, 2.45) is 0 Å². The van der Waals surface area contributed by atoms with Gasteiger partial charge in [0.2, 0.25) is 0 Å². The van der Waals surface area contributed by atoms with E-state index in [9.17, 15) is 9.18 Å². The summed E-state index contributed by atoms with van der Waals surface area (Å²) in [4.78, 5) is 12.4. The van der Waals surface area contributed by atoms with E-state index in [-0.39, 0.29) is 30.0 Å². The summed E-state index contributed by atoms with van der Waals surface area (Å²) in [6.45, 7) is 0. The number of Topliss-reactive ketones (excluding diaryl/α,β-unsaturated/α-hetero) is 1. The number of halogens is 2. The molecule has 0 aromatic heterocycles. The number of carbonyl (C=O) groups is 1. The molecule has 0 spiro atoms. The van der Waals surface area contributed by atoms with E-state index in [1.165, 1.54) is 18.2 Å². The predicted octanol–water partition coefficient (Wildman–Crippen LogP) is 6.30. The second-order valence-electron chi connectivity index (χ2n) is 6.63. The molecule has 0 fully saturated rings. The lowest BCUT2D eigenvalue weighted by Crippen LogP contribution is -2.12. The fraction of sp³-hybridized carbons (Fsp3) is 0.120. The largest absolute Gasteiger partial charge is 0.309 e. The van der Waals surface area contributed by atoms with Crippen LogP contribution in [0.15, 0.2) is 78.9 Å². The zero-order valence-corrected chi connectivity index (χ0v) is 16.4. The van der Waals surface area contributed by atoms with E-state index in [2.05, 4.69) is 11.8 Å². The first kappa shape index (κ1) is 20.5. The third-order valence-electron chi connectivity index (χ3n) is 4.44. The zero-order chi connectivity index (χ0) is 20.6. The average molecular weight is 404 g/mol. The Hall–Kier alpha value is -3.22. The molecule has 4 heteroatoms. The summed E-state index contributed by atoms with van der Waals surface area (Å²) >= 11 is 5.99. The van der Waals surface area contributed by atoms with Crippen LogP contribution >= 0.6 is 11.6 Å². The highest BCUT2D eigenvalue weighted by atomic mass is 35.5. The maximum Gasteiger partial charge on any atom is 0.171 e. The van der Waals surface area contributed by atoms with E-state index < -0.39 is 11.6 Å². The smallest absolute Gasteiger partial charge is 0.171 e. The third kappa shape index (κ3) is 5.88. The van der Waals surface area contributed by atoms with Gasteiger partial charge < -0.3 is 5.41 Å². The minimum Gasteiger partial charge on any atom is -0.309 e. The fourth-order valence-electron chi connectivity index (χ4n) is 2.93. The molecule has 0 radical (unpaired) electrons.